The molecule has 1 amide bonds. The molecule has 1 aromatic carbocycles. The zero-order valence-electron chi connectivity index (χ0n) is 10.4. The van der Waals surface area contributed by atoms with Crippen LogP contribution in [-0.4, -0.2) is 18.5 Å². The molecule has 0 bridgehead atoms. The lowest BCUT2D eigenvalue weighted by Gasteiger charge is -2.20. The fourth-order valence-corrected chi connectivity index (χ4v) is 1.90. The summed E-state index contributed by atoms with van der Waals surface area (Å²) in [6.07, 6.45) is -0.525. The first-order valence-electron chi connectivity index (χ1n) is 5.45. The number of ether oxygens (including phenoxy) is 3. The average Bonchev–Trinajstić information content (AvgIpc) is 2.69. The Hall–Kier alpha value is -1.43. The molecule has 1 aliphatic heterocycles. The molecule has 0 saturated carbocycles. The number of carbonyl (C=O) groups is 1. The van der Waals surface area contributed by atoms with Crippen LogP contribution < -0.4 is 14.8 Å². The van der Waals surface area contributed by atoms with Crippen LogP contribution in [0, 0.1) is 0 Å². The topological polar surface area (TPSA) is 56.8 Å². The van der Waals surface area contributed by atoms with Gasteiger partial charge in [0.05, 0.1) is 10.2 Å². The molecule has 18 heavy (non-hydrogen) atoms. The number of nitrogens with one attached hydrogen (secondary N) is 1. The Morgan fingerprint density at radius 1 is 1.33 bits per heavy atom. The van der Waals surface area contributed by atoms with E-state index in [2.05, 4.69) is 21.2 Å². The van der Waals surface area contributed by atoms with E-state index in [9.17, 15) is 4.79 Å². The van der Waals surface area contributed by atoms with Crippen molar-refractivity contribution in [3.63, 3.8) is 0 Å². The van der Waals surface area contributed by atoms with E-state index in [1.165, 1.54) is 0 Å². The van der Waals surface area contributed by atoms with Gasteiger partial charge in [0, 0.05) is 0 Å². The van der Waals surface area contributed by atoms with Crippen molar-refractivity contribution in [3.05, 3.63) is 16.6 Å². The van der Waals surface area contributed by atoms with E-state index < -0.39 is 11.7 Å². The minimum atomic E-state index is -0.542. The molecule has 1 aliphatic rings. The van der Waals surface area contributed by atoms with Crippen LogP contribution in [0.25, 0.3) is 0 Å². The Bertz CT molecular complexity index is 482. The summed E-state index contributed by atoms with van der Waals surface area (Å²) in [5.74, 6) is 1.10. The fraction of sp³-hybridized carbons (Fsp3) is 0.417. The van der Waals surface area contributed by atoms with E-state index in [4.69, 9.17) is 14.2 Å². The molecule has 0 unspecified atom stereocenters. The van der Waals surface area contributed by atoms with Gasteiger partial charge in [0.25, 0.3) is 0 Å². The molecule has 0 fully saturated rings. The maximum atomic E-state index is 11.7. The van der Waals surface area contributed by atoms with E-state index >= 15 is 0 Å². The maximum Gasteiger partial charge on any atom is 0.412 e. The van der Waals surface area contributed by atoms with Gasteiger partial charge in [0.15, 0.2) is 11.5 Å². The lowest BCUT2D eigenvalue weighted by atomic mass is 10.2. The number of anilines is 1. The minimum absolute atomic E-state index is 0.140. The quantitative estimate of drug-likeness (QED) is 0.861. The van der Waals surface area contributed by atoms with Gasteiger partial charge in [-0.3, -0.25) is 5.32 Å². The molecule has 1 aromatic rings. The smallest absolute Gasteiger partial charge is 0.412 e. The molecule has 0 radical (unpaired) electrons. The number of amides is 1. The highest BCUT2D eigenvalue weighted by atomic mass is 79.9. The Morgan fingerprint density at radius 3 is 2.67 bits per heavy atom. The lowest BCUT2D eigenvalue weighted by molar-refractivity contribution is 0.0635. The van der Waals surface area contributed by atoms with Crippen molar-refractivity contribution in [3.8, 4) is 11.5 Å². The molecule has 0 atom stereocenters. The lowest BCUT2D eigenvalue weighted by Crippen LogP contribution is -2.27. The van der Waals surface area contributed by atoms with Crippen LogP contribution in [0.2, 0.25) is 0 Å². The first-order chi connectivity index (χ1) is 8.37. The summed E-state index contributed by atoms with van der Waals surface area (Å²) in [4.78, 5) is 11.7. The number of carbonyl (C=O) groups excluding carboxylic acids is 1. The van der Waals surface area contributed by atoms with Gasteiger partial charge in [0.1, 0.15) is 5.60 Å². The normalized spacial score (nSPS) is 13.3. The summed E-state index contributed by atoms with van der Waals surface area (Å²) in [5.41, 5.74) is -0.0140. The summed E-state index contributed by atoms with van der Waals surface area (Å²) in [6.45, 7) is 5.55. The minimum Gasteiger partial charge on any atom is -0.452 e. The number of benzene rings is 1. The molecular weight excluding hydrogens is 302 g/mol. The molecule has 1 heterocycles. The summed E-state index contributed by atoms with van der Waals surface area (Å²) < 4.78 is 16.6. The van der Waals surface area contributed by atoms with E-state index in [1.807, 2.05) is 0 Å². The van der Waals surface area contributed by atoms with Crippen molar-refractivity contribution in [2.24, 2.45) is 0 Å². The number of fused-ring (bicyclic) bond motifs is 1. The van der Waals surface area contributed by atoms with Crippen molar-refractivity contribution in [2.75, 3.05) is 12.1 Å². The standard InChI is InChI=1S/C12H14BrNO4/c1-12(2,3)18-11(15)14-8-5-4-7(13)9-10(8)17-6-16-9/h4-5H,6H2,1-3H3,(H,14,15). The second-order valence-corrected chi connectivity index (χ2v) is 5.64. The second kappa shape index (κ2) is 4.68. The average molecular weight is 316 g/mol. The third kappa shape index (κ3) is 2.87. The van der Waals surface area contributed by atoms with Crippen LogP contribution in [0.4, 0.5) is 10.5 Å². The predicted octanol–water partition coefficient (Wildman–Crippen LogP) is 3.52. The van der Waals surface area contributed by atoms with Crippen LogP contribution in [0.1, 0.15) is 20.8 Å². The van der Waals surface area contributed by atoms with E-state index in [1.54, 1.807) is 32.9 Å². The van der Waals surface area contributed by atoms with Crippen molar-refractivity contribution in [1.82, 2.24) is 0 Å². The van der Waals surface area contributed by atoms with Crippen LogP contribution in [-0.2, 0) is 4.74 Å². The molecule has 1 N–H and O–H groups in total. The highest BCUT2D eigenvalue weighted by molar-refractivity contribution is 9.10. The highest BCUT2D eigenvalue weighted by Crippen LogP contribution is 2.44. The van der Waals surface area contributed by atoms with Gasteiger partial charge in [-0.25, -0.2) is 4.79 Å². The third-order valence-corrected chi connectivity index (χ3v) is 2.73. The molecule has 98 valence electrons. The Balaban J connectivity index is 2.16. The van der Waals surface area contributed by atoms with Crippen molar-refractivity contribution >= 4 is 27.7 Å². The zero-order chi connectivity index (χ0) is 13.3. The second-order valence-electron chi connectivity index (χ2n) is 4.79. The fourth-order valence-electron chi connectivity index (χ4n) is 1.48. The molecule has 0 aliphatic carbocycles. The highest BCUT2D eigenvalue weighted by Gasteiger charge is 2.23. The van der Waals surface area contributed by atoms with Crippen molar-refractivity contribution in [1.29, 1.82) is 0 Å². The van der Waals surface area contributed by atoms with Crippen LogP contribution >= 0.6 is 15.9 Å². The van der Waals surface area contributed by atoms with Crippen LogP contribution in [0.5, 0.6) is 11.5 Å². The molecule has 6 heteroatoms. The van der Waals surface area contributed by atoms with Gasteiger partial charge >= 0.3 is 6.09 Å². The first-order valence-corrected chi connectivity index (χ1v) is 6.24. The molecule has 0 spiro atoms. The molecule has 0 aromatic heterocycles. The number of hydrogen-bond acceptors (Lipinski definition) is 4. The third-order valence-electron chi connectivity index (χ3n) is 2.11. The summed E-state index contributed by atoms with van der Waals surface area (Å²) in [6, 6.07) is 3.50. The monoisotopic (exact) mass is 315 g/mol. The number of halogens is 1. The number of hydrogen-bond donors (Lipinski definition) is 1. The Kier molecular flexibility index (Phi) is 3.38. The molecule has 5 nitrogen and oxygen atoms in total. The van der Waals surface area contributed by atoms with Gasteiger partial charge in [-0.05, 0) is 48.8 Å². The SMILES string of the molecule is CC(C)(C)OC(=O)Nc1ccc(Br)c2c1OCO2. The van der Waals surface area contributed by atoms with Gasteiger partial charge in [-0.1, -0.05) is 0 Å². The summed E-state index contributed by atoms with van der Waals surface area (Å²) in [5, 5.41) is 2.64. The zero-order valence-corrected chi connectivity index (χ0v) is 12.0. The van der Waals surface area contributed by atoms with Crippen molar-refractivity contribution in [2.45, 2.75) is 26.4 Å². The molecule has 0 saturated heterocycles. The summed E-state index contributed by atoms with van der Waals surface area (Å²) in [7, 11) is 0. The Morgan fingerprint density at radius 2 is 2.00 bits per heavy atom. The van der Waals surface area contributed by atoms with Gasteiger partial charge in [-0.2, -0.15) is 0 Å². The largest absolute Gasteiger partial charge is 0.452 e. The van der Waals surface area contributed by atoms with Gasteiger partial charge in [0.2, 0.25) is 6.79 Å². The molecular formula is C12H14BrNO4. The van der Waals surface area contributed by atoms with Gasteiger partial charge in [-0.15, -0.1) is 0 Å². The van der Waals surface area contributed by atoms with Gasteiger partial charge < -0.3 is 14.2 Å². The molecule has 2 rings (SSSR count). The van der Waals surface area contributed by atoms with E-state index in [-0.39, 0.29) is 6.79 Å². The van der Waals surface area contributed by atoms with Crippen LogP contribution in [0.3, 0.4) is 0 Å². The van der Waals surface area contributed by atoms with Crippen LogP contribution in [0.15, 0.2) is 16.6 Å². The maximum absolute atomic E-state index is 11.7. The predicted molar refractivity (Wildman–Crippen MR) is 70.1 cm³/mol. The first kappa shape index (κ1) is 13.0. The number of rotatable bonds is 1. The van der Waals surface area contributed by atoms with E-state index in [0.29, 0.717) is 17.2 Å². The summed E-state index contributed by atoms with van der Waals surface area (Å²) >= 11 is 3.35. The van der Waals surface area contributed by atoms with Crippen molar-refractivity contribution < 1.29 is 19.0 Å². The Labute approximate surface area is 114 Å². The van der Waals surface area contributed by atoms with E-state index in [0.717, 1.165) is 4.47 Å².